The molecule has 0 aliphatic carbocycles. The summed E-state index contributed by atoms with van der Waals surface area (Å²) in [5.41, 5.74) is 9.10. The van der Waals surface area contributed by atoms with Crippen molar-refractivity contribution < 1.29 is 22.3 Å². The van der Waals surface area contributed by atoms with Crippen LogP contribution < -0.4 is 16.2 Å². The lowest BCUT2D eigenvalue weighted by Gasteiger charge is -2.11. The SMILES string of the molecule is Nc1ncc(OC(F)(F)F)c(N)c1F. The Morgan fingerprint density at radius 3 is 2.36 bits per heavy atom. The molecule has 0 radical (unpaired) electrons. The van der Waals surface area contributed by atoms with E-state index in [4.69, 9.17) is 11.5 Å². The Morgan fingerprint density at radius 1 is 1.29 bits per heavy atom. The number of nitrogen functional groups attached to an aromatic ring is 2. The molecule has 0 spiro atoms. The zero-order valence-electron chi connectivity index (χ0n) is 6.60. The molecular formula is C6H5F4N3O. The molecule has 0 aliphatic heterocycles. The summed E-state index contributed by atoms with van der Waals surface area (Å²) in [5.74, 6) is -2.73. The van der Waals surface area contributed by atoms with Gasteiger partial charge in [0.2, 0.25) is 0 Å². The van der Waals surface area contributed by atoms with E-state index in [-0.39, 0.29) is 0 Å². The maximum absolute atomic E-state index is 12.8. The van der Waals surface area contributed by atoms with Gasteiger partial charge in [-0.05, 0) is 0 Å². The minimum atomic E-state index is -4.95. The maximum atomic E-state index is 12.8. The molecule has 1 rings (SSSR count). The molecule has 0 bridgehead atoms. The van der Waals surface area contributed by atoms with E-state index >= 15 is 0 Å². The van der Waals surface area contributed by atoms with Crippen LogP contribution in [0.4, 0.5) is 29.1 Å². The summed E-state index contributed by atoms with van der Waals surface area (Å²) >= 11 is 0. The van der Waals surface area contributed by atoms with Gasteiger partial charge in [0, 0.05) is 0 Å². The monoisotopic (exact) mass is 211 g/mol. The Bertz CT molecular complexity index is 352. The quantitative estimate of drug-likeness (QED) is 0.686. The topological polar surface area (TPSA) is 74.2 Å². The number of ether oxygens (including phenoxy) is 1. The Kier molecular flexibility index (Phi) is 2.37. The van der Waals surface area contributed by atoms with Crippen LogP contribution in [0.3, 0.4) is 0 Å². The number of nitrogens with two attached hydrogens (primary N) is 2. The van der Waals surface area contributed by atoms with Crippen LogP contribution >= 0.6 is 0 Å². The van der Waals surface area contributed by atoms with E-state index in [0.29, 0.717) is 6.20 Å². The minimum absolute atomic E-state index is 0.586. The first-order chi connectivity index (χ1) is 6.31. The highest BCUT2D eigenvalue weighted by molar-refractivity contribution is 5.58. The number of nitrogens with zero attached hydrogens (tertiary/aromatic N) is 1. The van der Waals surface area contributed by atoms with Gasteiger partial charge >= 0.3 is 6.36 Å². The summed E-state index contributed by atoms with van der Waals surface area (Å²) in [6.07, 6.45) is -4.35. The second-order valence-electron chi connectivity index (χ2n) is 2.28. The Labute approximate surface area is 75.5 Å². The van der Waals surface area contributed by atoms with Gasteiger partial charge in [0.05, 0.1) is 6.20 Å². The molecule has 8 heteroatoms. The van der Waals surface area contributed by atoms with Gasteiger partial charge < -0.3 is 16.2 Å². The normalized spacial score (nSPS) is 11.4. The number of alkyl halides is 3. The summed E-state index contributed by atoms with van der Waals surface area (Å²) in [4.78, 5) is 3.12. The van der Waals surface area contributed by atoms with E-state index in [1.54, 1.807) is 0 Å². The van der Waals surface area contributed by atoms with Crippen LogP contribution in [0.5, 0.6) is 5.75 Å². The largest absolute Gasteiger partial charge is 0.573 e. The van der Waals surface area contributed by atoms with E-state index in [0.717, 1.165) is 0 Å². The molecule has 0 saturated carbocycles. The Hall–Kier alpha value is -1.73. The van der Waals surface area contributed by atoms with Crippen LogP contribution in [0.2, 0.25) is 0 Å². The van der Waals surface area contributed by atoms with Crippen molar-refractivity contribution >= 4 is 11.5 Å². The first-order valence-corrected chi connectivity index (χ1v) is 3.26. The van der Waals surface area contributed by atoms with Crippen LogP contribution in [-0.4, -0.2) is 11.3 Å². The number of hydrogen-bond donors (Lipinski definition) is 2. The highest BCUT2D eigenvalue weighted by Crippen LogP contribution is 2.30. The lowest BCUT2D eigenvalue weighted by Crippen LogP contribution is -2.19. The minimum Gasteiger partial charge on any atom is -0.402 e. The van der Waals surface area contributed by atoms with Crippen molar-refractivity contribution in [1.82, 2.24) is 4.98 Å². The van der Waals surface area contributed by atoms with Gasteiger partial charge in [-0.1, -0.05) is 0 Å². The summed E-state index contributed by atoms with van der Waals surface area (Å²) in [6, 6.07) is 0. The molecule has 1 heterocycles. The number of aromatic nitrogens is 1. The predicted octanol–water partition coefficient (Wildman–Crippen LogP) is 1.28. The van der Waals surface area contributed by atoms with Gasteiger partial charge in [0.15, 0.2) is 17.4 Å². The van der Waals surface area contributed by atoms with E-state index in [2.05, 4.69) is 9.72 Å². The first-order valence-electron chi connectivity index (χ1n) is 3.26. The van der Waals surface area contributed by atoms with Crippen molar-refractivity contribution in [1.29, 1.82) is 0 Å². The summed E-state index contributed by atoms with van der Waals surface area (Å²) < 4.78 is 51.3. The fourth-order valence-electron chi connectivity index (χ4n) is 0.707. The van der Waals surface area contributed by atoms with Crippen LogP contribution in [0, 0.1) is 5.82 Å². The maximum Gasteiger partial charge on any atom is 0.573 e. The van der Waals surface area contributed by atoms with E-state index in [1.165, 1.54) is 0 Å². The Balaban J connectivity index is 3.06. The summed E-state index contributed by atoms with van der Waals surface area (Å²) in [6.45, 7) is 0. The van der Waals surface area contributed by atoms with Crippen LogP contribution in [0.25, 0.3) is 0 Å². The molecule has 0 aromatic carbocycles. The van der Waals surface area contributed by atoms with Crippen LogP contribution in [0.1, 0.15) is 0 Å². The van der Waals surface area contributed by atoms with Crippen LogP contribution in [0.15, 0.2) is 6.20 Å². The van der Waals surface area contributed by atoms with Gasteiger partial charge in [-0.25, -0.2) is 9.37 Å². The van der Waals surface area contributed by atoms with Gasteiger partial charge in [-0.15, -0.1) is 13.2 Å². The van der Waals surface area contributed by atoms with Crippen molar-refractivity contribution in [3.05, 3.63) is 12.0 Å². The third-order valence-electron chi connectivity index (χ3n) is 1.27. The molecule has 4 nitrogen and oxygen atoms in total. The second-order valence-corrected chi connectivity index (χ2v) is 2.28. The molecule has 0 atom stereocenters. The zero-order valence-corrected chi connectivity index (χ0v) is 6.60. The molecule has 1 aromatic rings. The third kappa shape index (κ3) is 2.15. The standard InChI is InChI=1S/C6H5F4N3O/c7-3-4(11)2(1-13-5(3)12)14-6(8,9)10/h1H,(H4,11,12,13). The molecule has 78 valence electrons. The first kappa shape index (κ1) is 10.4. The average Bonchev–Trinajstić information content (AvgIpc) is 2.04. The van der Waals surface area contributed by atoms with Crippen molar-refractivity contribution in [2.24, 2.45) is 0 Å². The van der Waals surface area contributed by atoms with Gasteiger partial charge in [-0.2, -0.15) is 0 Å². The van der Waals surface area contributed by atoms with Crippen molar-refractivity contribution in [2.45, 2.75) is 6.36 Å². The number of anilines is 2. The number of halogens is 4. The fourth-order valence-corrected chi connectivity index (χ4v) is 0.707. The van der Waals surface area contributed by atoms with Crippen molar-refractivity contribution in [2.75, 3.05) is 11.5 Å². The van der Waals surface area contributed by atoms with Crippen LogP contribution in [-0.2, 0) is 0 Å². The predicted molar refractivity (Wildman–Crippen MR) is 39.7 cm³/mol. The molecule has 0 aliphatic rings. The molecule has 0 saturated heterocycles. The van der Waals surface area contributed by atoms with Gasteiger partial charge in [-0.3, -0.25) is 0 Å². The smallest absolute Gasteiger partial charge is 0.402 e. The molecule has 14 heavy (non-hydrogen) atoms. The molecule has 0 fully saturated rings. The van der Waals surface area contributed by atoms with E-state index < -0.39 is 29.4 Å². The van der Waals surface area contributed by atoms with Gasteiger partial charge in [0.25, 0.3) is 0 Å². The molecule has 1 aromatic heterocycles. The second kappa shape index (κ2) is 3.20. The third-order valence-corrected chi connectivity index (χ3v) is 1.27. The number of hydrogen-bond acceptors (Lipinski definition) is 4. The van der Waals surface area contributed by atoms with Crippen molar-refractivity contribution in [3.63, 3.8) is 0 Å². The highest BCUT2D eigenvalue weighted by Gasteiger charge is 2.32. The molecule has 0 amide bonds. The summed E-state index contributed by atoms with van der Waals surface area (Å²) in [5, 5.41) is 0. The fraction of sp³-hybridized carbons (Fsp3) is 0.167. The Morgan fingerprint density at radius 2 is 1.86 bits per heavy atom. The lowest BCUT2D eigenvalue weighted by molar-refractivity contribution is -0.274. The highest BCUT2D eigenvalue weighted by atomic mass is 19.4. The molecule has 0 unspecified atom stereocenters. The number of pyridine rings is 1. The number of rotatable bonds is 1. The average molecular weight is 211 g/mol. The molecular weight excluding hydrogens is 206 g/mol. The van der Waals surface area contributed by atoms with Crippen molar-refractivity contribution in [3.8, 4) is 5.75 Å². The lowest BCUT2D eigenvalue weighted by atomic mass is 10.3. The van der Waals surface area contributed by atoms with E-state index in [1.807, 2.05) is 0 Å². The van der Waals surface area contributed by atoms with E-state index in [9.17, 15) is 17.6 Å². The zero-order chi connectivity index (χ0) is 10.9. The van der Waals surface area contributed by atoms with Gasteiger partial charge in [0.1, 0.15) is 5.69 Å². The summed E-state index contributed by atoms with van der Waals surface area (Å²) in [7, 11) is 0. The molecule has 4 N–H and O–H groups in total.